The standard InChI is InChI=1S/C18H16O.C4H8O2/c1-14-6-5-9-16-12-17(10-11-18(14)16)19-13-15-7-3-2-4-8-15;1-3-4(5)6-2/h2-12H,13H2,1H3;3H2,1-2H3. The van der Waals surface area contributed by atoms with Gasteiger partial charge in [-0.1, -0.05) is 61.5 Å². The molecule has 0 saturated heterocycles. The molecule has 0 aliphatic carbocycles. The van der Waals surface area contributed by atoms with Crippen LogP contribution < -0.4 is 4.74 Å². The van der Waals surface area contributed by atoms with Gasteiger partial charge in [-0.15, -0.1) is 0 Å². The number of hydrogen-bond acceptors (Lipinski definition) is 3. The lowest BCUT2D eigenvalue weighted by atomic mass is 10.1. The Labute approximate surface area is 149 Å². The number of benzene rings is 3. The summed E-state index contributed by atoms with van der Waals surface area (Å²) in [5, 5.41) is 2.51. The fourth-order valence-corrected chi connectivity index (χ4v) is 2.40. The van der Waals surface area contributed by atoms with E-state index in [0.717, 1.165) is 5.75 Å². The molecule has 3 nitrogen and oxygen atoms in total. The van der Waals surface area contributed by atoms with E-state index in [-0.39, 0.29) is 5.97 Å². The van der Waals surface area contributed by atoms with Gasteiger partial charge < -0.3 is 9.47 Å². The number of fused-ring (bicyclic) bond motifs is 1. The van der Waals surface area contributed by atoms with Gasteiger partial charge in [0.05, 0.1) is 7.11 Å². The highest BCUT2D eigenvalue weighted by Crippen LogP contribution is 2.24. The van der Waals surface area contributed by atoms with Gasteiger partial charge in [0.1, 0.15) is 12.4 Å². The van der Waals surface area contributed by atoms with E-state index in [0.29, 0.717) is 13.0 Å². The molecule has 0 aliphatic rings. The predicted octanol–water partition coefficient (Wildman–Crippen LogP) is 5.30. The summed E-state index contributed by atoms with van der Waals surface area (Å²) in [5.41, 5.74) is 2.49. The Bertz CT molecular complexity index is 804. The first-order chi connectivity index (χ1) is 12.1. The minimum Gasteiger partial charge on any atom is -0.489 e. The van der Waals surface area contributed by atoms with Gasteiger partial charge in [0, 0.05) is 6.42 Å². The maximum absolute atomic E-state index is 9.96. The number of esters is 1. The molecule has 0 amide bonds. The number of carbonyl (C=O) groups is 1. The van der Waals surface area contributed by atoms with Crippen molar-refractivity contribution in [3.63, 3.8) is 0 Å². The van der Waals surface area contributed by atoms with E-state index in [9.17, 15) is 4.79 Å². The van der Waals surface area contributed by atoms with E-state index in [1.807, 2.05) is 24.3 Å². The molecule has 0 atom stereocenters. The Hall–Kier alpha value is -2.81. The summed E-state index contributed by atoms with van der Waals surface area (Å²) >= 11 is 0. The van der Waals surface area contributed by atoms with E-state index >= 15 is 0 Å². The Morgan fingerprint density at radius 3 is 2.36 bits per heavy atom. The van der Waals surface area contributed by atoms with E-state index in [4.69, 9.17) is 4.74 Å². The van der Waals surface area contributed by atoms with Crippen molar-refractivity contribution >= 4 is 16.7 Å². The van der Waals surface area contributed by atoms with Crippen LogP contribution in [0.3, 0.4) is 0 Å². The molecular formula is C22H24O3. The molecule has 0 radical (unpaired) electrons. The lowest BCUT2D eigenvalue weighted by molar-refractivity contribution is -0.140. The van der Waals surface area contributed by atoms with Crippen molar-refractivity contribution in [1.29, 1.82) is 0 Å². The second-order valence-corrected chi connectivity index (χ2v) is 5.66. The third kappa shape index (κ3) is 5.64. The van der Waals surface area contributed by atoms with Crippen molar-refractivity contribution in [2.45, 2.75) is 26.9 Å². The lowest BCUT2D eigenvalue weighted by Crippen LogP contribution is -1.94. The molecule has 0 saturated carbocycles. The van der Waals surface area contributed by atoms with Crippen LogP contribution in [0.25, 0.3) is 10.8 Å². The first-order valence-electron chi connectivity index (χ1n) is 8.37. The van der Waals surface area contributed by atoms with Gasteiger partial charge in [-0.25, -0.2) is 0 Å². The summed E-state index contributed by atoms with van der Waals surface area (Å²) in [5.74, 6) is 0.761. The van der Waals surface area contributed by atoms with Crippen molar-refractivity contribution in [2.24, 2.45) is 0 Å². The van der Waals surface area contributed by atoms with Crippen molar-refractivity contribution < 1.29 is 14.3 Å². The molecule has 0 spiro atoms. The highest BCUT2D eigenvalue weighted by Gasteiger charge is 2.00. The van der Waals surface area contributed by atoms with Gasteiger partial charge >= 0.3 is 5.97 Å². The number of ether oxygens (including phenoxy) is 2. The molecule has 3 heteroatoms. The third-order valence-electron chi connectivity index (χ3n) is 3.83. The Kier molecular flexibility index (Phi) is 7.02. The van der Waals surface area contributed by atoms with Crippen molar-refractivity contribution in [3.05, 3.63) is 77.9 Å². The molecular weight excluding hydrogens is 312 g/mol. The smallest absolute Gasteiger partial charge is 0.305 e. The van der Waals surface area contributed by atoms with Gasteiger partial charge in [-0.05, 0) is 41.0 Å². The van der Waals surface area contributed by atoms with Crippen LogP contribution in [0.4, 0.5) is 0 Å². The van der Waals surface area contributed by atoms with Gasteiger partial charge in [0.2, 0.25) is 0 Å². The first kappa shape index (κ1) is 18.5. The SMILES string of the molecule is CCC(=O)OC.Cc1cccc2cc(OCc3ccccc3)ccc12. The number of hydrogen-bond donors (Lipinski definition) is 0. The van der Waals surface area contributed by atoms with Crippen LogP contribution in [0, 0.1) is 6.92 Å². The summed E-state index contributed by atoms with van der Waals surface area (Å²) in [4.78, 5) is 9.96. The largest absolute Gasteiger partial charge is 0.489 e. The molecule has 3 rings (SSSR count). The highest BCUT2D eigenvalue weighted by molar-refractivity contribution is 5.86. The molecule has 3 aromatic rings. The summed E-state index contributed by atoms with van der Waals surface area (Å²) < 4.78 is 10.1. The fourth-order valence-electron chi connectivity index (χ4n) is 2.40. The second kappa shape index (κ2) is 9.48. The van der Waals surface area contributed by atoms with Crippen LogP contribution >= 0.6 is 0 Å². The molecule has 0 bridgehead atoms. The minimum absolute atomic E-state index is 0.157. The lowest BCUT2D eigenvalue weighted by Gasteiger charge is -2.08. The van der Waals surface area contributed by atoms with Crippen LogP contribution in [0.15, 0.2) is 66.7 Å². The average molecular weight is 336 g/mol. The van der Waals surface area contributed by atoms with Crippen molar-refractivity contribution in [3.8, 4) is 5.75 Å². The first-order valence-corrected chi connectivity index (χ1v) is 8.37. The van der Waals surface area contributed by atoms with Gasteiger partial charge in [-0.2, -0.15) is 0 Å². The van der Waals surface area contributed by atoms with Crippen LogP contribution in [0.1, 0.15) is 24.5 Å². The molecule has 25 heavy (non-hydrogen) atoms. The Morgan fingerprint density at radius 1 is 0.960 bits per heavy atom. The van der Waals surface area contributed by atoms with Crippen LogP contribution in [0.5, 0.6) is 5.75 Å². The normalized spacial score (nSPS) is 9.88. The zero-order chi connectivity index (χ0) is 18.1. The van der Waals surface area contributed by atoms with Gasteiger partial charge in [0.25, 0.3) is 0 Å². The zero-order valence-corrected chi connectivity index (χ0v) is 15.0. The number of rotatable bonds is 4. The maximum atomic E-state index is 9.96. The van der Waals surface area contributed by atoms with Crippen LogP contribution in [-0.4, -0.2) is 13.1 Å². The van der Waals surface area contributed by atoms with E-state index in [1.165, 1.54) is 29.0 Å². The molecule has 0 aromatic heterocycles. The fraction of sp³-hybridized carbons (Fsp3) is 0.227. The third-order valence-corrected chi connectivity index (χ3v) is 3.83. The number of aryl methyl sites for hydroxylation is 1. The second-order valence-electron chi connectivity index (χ2n) is 5.66. The maximum Gasteiger partial charge on any atom is 0.305 e. The van der Waals surface area contributed by atoms with Crippen molar-refractivity contribution in [1.82, 2.24) is 0 Å². The molecule has 0 N–H and O–H groups in total. The molecule has 0 fully saturated rings. The Balaban J connectivity index is 0.000000326. The zero-order valence-electron chi connectivity index (χ0n) is 15.0. The molecule has 0 unspecified atom stereocenters. The summed E-state index contributed by atoms with van der Waals surface area (Å²) in [6.07, 6.45) is 0.469. The number of methoxy groups -OCH3 is 1. The van der Waals surface area contributed by atoms with E-state index in [1.54, 1.807) is 6.92 Å². The summed E-state index contributed by atoms with van der Waals surface area (Å²) in [7, 11) is 1.38. The van der Waals surface area contributed by atoms with E-state index < -0.39 is 0 Å². The number of carbonyl (C=O) groups excluding carboxylic acids is 1. The highest BCUT2D eigenvalue weighted by atomic mass is 16.5. The molecule has 3 aromatic carbocycles. The van der Waals surface area contributed by atoms with Gasteiger partial charge in [0.15, 0.2) is 0 Å². The molecule has 0 aliphatic heterocycles. The van der Waals surface area contributed by atoms with Crippen LogP contribution in [-0.2, 0) is 16.1 Å². The summed E-state index contributed by atoms with van der Waals surface area (Å²) in [6, 6.07) is 22.8. The quantitative estimate of drug-likeness (QED) is 0.607. The summed E-state index contributed by atoms with van der Waals surface area (Å²) in [6.45, 7) is 4.50. The topological polar surface area (TPSA) is 35.5 Å². The Morgan fingerprint density at radius 2 is 1.72 bits per heavy atom. The molecule has 130 valence electrons. The van der Waals surface area contributed by atoms with Crippen LogP contribution in [0.2, 0.25) is 0 Å². The minimum atomic E-state index is -0.157. The monoisotopic (exact) mass is 336 g/mol. The van der Waals surface area contributed by atoms with Crippen molar-refractivity contribution in [2.75, 3.05) is 7.11 Å². The predicted molar refractivity (Wildman–Crippen MR) is 102 cm³/mol. The molecule has 0 heterocycles. The van der Waals surface area contributed by atoms with E-state index in [2.05, 4.69) is 54.1 Å². The average Bonchev–Trinajstić information content (AvgIpc) is 2.67. The van der Waals surface area contributed by atoms with Gasteiger partial charge in [-0.3, -0.25) is 4.79 Å².